The highest BCUT2D eigenvalue weighted by molar-refractivity contribution is 7.92. The molecule has 3 aromatic rings. The number of methoxy groups -OCH3 is 1. The van der Waals surface area contributed by atoms with Crippen molar-refractivity contribution in [2.45, 2.75) is 18.7 Å². The van der Waals surface area contributed by atoms with Gasteiger partial charge in [-0.2, -0.15) is 0 Å². The number of rotatable bonds is 7. The number of benzene rings is 3. The molecule has 0 saturated carbocycles. The molecule has 162 valence electrons. The second kappa shape index (κ2) is 9.18. The molecule has 0 aliphatic heterocycles. The molecule has 0 saturated heterocycles. The van der Waals surface area contributed by atoms with Crippen LogP contribution in [0.25, 0.3) is 0 Å². The van der Waals surface area contributed by atoms with E-state index in [1.54, 1.807) is 30.3 Å². The van der Waals surface area contributed by atoms with Crippen LogP contribution in [0.4, 0.5) is 15.8 Å². The van der Waals surface area contributed by atoms with Crippen molar-refractivity contribution in [1.82, 2.24) is 0 Å². The Bertz CT molecular complexity index is 1180. The van der Waals surface area contributed by atoms with Gasteiger partial charge in [-0.15, -0.1) is 0 Å². The number of carbonyl (C=O) groups excluding carboxylic acids is 1. The van der Waals surface area contributed by atoms with Crippen molar-refractivity contribution in [2.75, 3.05) is 23.3 Å². The van der Waals surface area contributed by atoms with E-state index in [-0.39, 0.29) is 10.6 Å². The first-order valence-electron chi connectivity index (χ1n) is 9.51. The minimum atomic E-state index is -4.13. The Kier molecular flexibility index (Phi) is 6.60. The Morgan fingerprint density at radius 1 is 1.00 bits per heavy atom. The fourth-order valence-electron chi connectivity index (χ4n) is 3.00. The van der Waals surface area contributed by atoms with Crippen molar-refractivity contribution in [3.05, 3.63) is 83.7 Å². The molecule has 6 nitrogen and oxygen atoms in total. The van der Waals surface area contributed by atoms with Gasteiger partial charge >= 0.3 is 0 Å². The molecule has 1 N–H and O–H groups in total. The second-order valence-corrected chi connectivity index (χ2v) is 8.82. The van der Waals surface area contributed by atoms with E-state index >= 15 is 0 Å². The molecular formula is C23H23FN2O4S. The maximum Gasteiger partial charge on any atom is 0.264 e. The Hall–Kier alpha value is -3.39. The lowest BCUT2D eigenvalue weighted by molar-refractivity contribution is -0.114. The maximum atomic E-state index is 13.3. The SMILES string of the molecule is COc1ccc(N(CC(=O)Nc2cccc(C)c2C)S(=O)(=O)c2ccc(F)cc2)cc1. The Morgan fingerprint density at radius 3 is 2.26 bits per heavy atom. The maximum absolute atomic E-state index is 13.3. The molecule has 8 heteroatoms. The van der Waals surface area contributed by atoms with Gasteiger partial charge in [-0.05, 0) is 79.6 Å². The molecular weight excluding hydrogens is 419 g/mol. The number of anilines is 2. The Labute approximate surface area is 181 Å². The number of amides is 1. The molecule has 0 aliphatic carbocycles. The van der Waals surface area contributed by atoms with Crippen LogP contribution in [0.15, 0.2) is 71.6 Å². The molecule has 1 amide bonds. The normalized spacial score (nSPS) is 11.1. The third-order valence-electron chi connectivity index (χ3n) is 4.93. The van der Waals surface area contributed by atoms with E-state index in [0.717, 1.165) is 27.6 Å². The van der Waals surface area contributed by atoms with E-state index in [0.29, 0.717) is 11.4 Å². The number of hydrogen-bond donors (Lipinski definition) is 1. The zero-order valence-electron chi connectivity index (χ0n) is 17.4. The quantitative estimate of drug-likeness (QED) is 0.592. The van der Waals surface area contributed by atoms with Crippen LogP contribution in [0.1, 0.15) is 11.1 Å². The first kappa shape index (κ1) is 22.3. The smallest absolute Gasteiger partial charge is 0.264 e. The monoisotopic (exact) mass is 442 g/mol. The van der Waals surface area contributed by atoms with Crippen molar-refractivity contribution >= 4 is 27.3 Å². The topological polar surface area (TPSA) is 75.7 Å². The zero-order valence-corrected chi connectivity index (χ0v) is 18.2. The summed E-state index contributed by atoms with van der Waals surface area (Å²) >= 11 is 0. The predicted molar refractivity (Wildman–Crippen MR) is 118 cm³/mol. The van der Waals surface area contributed by atoms with Crippen LogP contribution < -0.4 is 14.4 Å². The molecule has 0 atom stereocenters. The molecule has 31 heavy (non-hydrogen) atoms. The van der Waals surface area contributed by atoms with Gasteiger partial charge in [-0.1, -0.05) is 12.1 Å². The van der Waals surface area contributed by atoms with Crippen LogP contribution >= 0.6 is 0 Å². The summed E-state index contributed by atoms with van der Waals surface area (Å²) < 4.78 is 46.0. The first-order valence-corrected chi connectivity index (χ1v) is 10.9. The Morgan fingerprint density at radius 2 is 1.65 bits per heavy atom. The molecule has 0 spiro atoms. The van der Waals surface area contributed by atoms with Gasteiger partial charge in [-0.3, -0.25) is 9.10 Å². The lowest BCUT2D eigenvalue weighted by atomic mass is 10.1. The van der Waals surface area contributed by atoms with Crippen molar-refractivity contribution in [2.24, 2.45) is 0 Å². The molecule has 0 unspecified atom stereocenters. The van der Waals surface area contributed by atoms with Gasteiger partial charge in [0.25, 0.3) is 10.0 Å². The molecule has 0 aromatic heterocycles. The summed E-state index contributed by atoms with van der Waals surface area (Å²) in [5, 5.41) is 2.78. The van der Waals surface area contributed by atoms with Crippen LogP contribution in [0.2, 0.25) is 0 Å². The van der Waals surface area contributed by atoms with Gasteiger partial charge in [0.15, 0.2) is 0 Å². The highest BCUT2D eigenvalue weighted by atomic mass is 32.2. The van der Waals surface area contributed by atoms with Gasteiger partial charge in [-0.25, -0.2) is 12.8 Å². The lowest BCUT2D eigenvalue weighted by Gasteiger charge is -2.24. The summed E-state index contributed by atoms with van der Waals surface area (Å²) in [7, 11) is -2.63. The van der Waals surface area contributed by atoms with Crippen molar-refractivity contribution < 1.29 is 22.3 Å². The summed E-state index contributed by atoms with van der Waals surface area (Å²) in [5.41, 5.74) is 2.79. The molecule has 0 bridgehead atoms. The highest BCUT2D eigenvalue weighted by Gasteiger charge is 2.27. The fourth-order valence-corrected chi connectivity index (χ4v) is 4.42. The molecule has 3 aromatic carbocycles. The standard InChI is InChI=1S/C23H23FN2O4S/c1-16-5-4-6-22(17(16)2)25-23(27)15-26(19-9-11-20(30-3)12-10-19)31(28,29)21-13-7-18(24)8-14-21/h4-14H,15H2,1-3H3,(H,25,27). The zero-order chi connectivity index (χ0) is 22.6. The van der Waals surface area contributed by atoms with Crippen LogP contribution in [0.3, 0.4) is 0 Å². The summed E-state index contributed by atoms with van der Waals surface area (Å²) in [5.74, 6) is -0.513. The van der Waals surface area contributed by atoms with Crippen LogP contribution in [0.5, 0.6) is 5.75 Å². The minimum absolute atomic E-state index is 0.121. The van der Waals surface area contributed by atoms with Crippen LogP contribution in [0, 0.1) is 19.7 Å². The van der Waals surface area contributed by atoms with E-state index in [4.69, 9.17) is 4.74 Å². The summed E-state index contributed by atoms with van der Waals surface area (Å²) in [6, 6.07) is 16.3. The van der Waals surface area contributed by atoms with E-state index in [2.05, 4.69) is 5.32 Å². The van der Waals surface area contributed by atoms with E-state index in [1.165, 1.54) is 19.2 Å². The van der Waals surface area contributed by atoms with Crippen LogP contribution in [-0.4, -0.2) is 28.0 Å². The summed E-state index contributed by atoms with van der Waals surface area (Å²) in [6.07, 6.45) is 0. The van der Waals surface area contributed by atoms with E-state index in [9.17, 15) is 17.6 Å². The second-order valence-electron chi connectivity index (χ2n) is 6.96. The first-order chi connectivity index (χ1) is 14.7. The predicted octanol–water partition coefficient (Wildman–Crippen LogP) is 4.29. The van der Waals surface area contributed by atoms with Gasteiger partial charge in [0.1, 0.15) is 18.1 Å². The average Bonchev–Trinajstić information content (AvgIpc) is 2.75. The number of hydrogen-bond acceptors (Lipinski definition) is 4. The van der Waals surface area contributed by atoms with E-state index in [1.807, 2.05) is 26.0 Å². The number of nitrogens with zero attached hydrogens (tertiary/aromatic N) is 1. The van der Waals surface area contributed by atoms with Crippen LogP contribution in [-0.2, 0) is 14.8 Å². The van der Waals surface area contributed by atoms with Gasteiger partial charge in [0.2, 0.25) is 5.91 Å². The van der Waals surface area contributed by atoms with E-state index < -0.39 is 28.3 Å². The van der Waals surface area contributed by atoms with Gasteiger partial charge in [0.05, 0.1) is 17.7 Å². The third-order valence-corrected chi connectivity index (χ3v) is 6.72. The molecule has 0 radical (unpaired) electrons. The third kappa shape index (κ3) is 5.03. The highest BCUT2D eigenvalue weighted by Crippen LogP contribution is 2.26. The lowest BCUT2D eigenvalue weighted by Crippen LogP contribution is -2.38. The van der Waals surface area contributed by atoms with Crippen molar-refractivity contribution in [3.8, 4) is 5.75 Å². The number of ether oxygens (including phenoxy) is 1. The number of halogens is 1. The minimum Gasteiger partial charge on any atom is -0.497 e. The fraction of sp³-hybridized carbons (Fsp3) is 0.174. The van der Waals surface area contributed by atoms with Gasteiger partial charge in [0, 0.05) is 5.69 Å². The largest absolute Gasteiger partial charge is 0.497 e. The van der Waals surface area contributed by atoms with Crippen molar-refractivity contribution in [3.63, 3.8) is 0 Å². The average molecular weight is 443 g/mol. The number of carbonyl (C=O) groups is 1. The molecule has 0 fully saturated rings. The number of sulfonamides is 1. The van der Waals surface area contributed by atoms with Gasteiger partial charge < -0.3 is 10.1 Å². The Balaban J connectivity index is 1.96. The number of nitrogens with one attached hydrogen (secondary N) is 1. The molecule has 3 rings (SSSR count). The molecule has 0 heterocycles. The molecule has 0 aliphatic rings. The summed E-state index contributed by atoms with van der Waals surface area (Å²) in [6.45, 7) is 3.34. The number of aryl methyl sites for hydroxylation is 1. The summed E-state index contributed by atoms with van der Waals surface area (Å²) in [4.78, 5) is 12.7. The van der Waals surface area contributed by atoms with Crippen molar-refractivity contribution in [1.29, 1.82) is 0 Å².